The Labute approximate surface area is 128 Å². The van der Waals surface area contributed by atoms with Gasteiger partial charge in [0, 0.05) is 10.6 Å². The standard InChI is InChI=1S/C15H14ClNO3S/c16-12-3-1-11(2-4-12)15-6-5-14(20-15)9-17-13-7-8-21(18,19)10-13/h1-6,9,13H,7-8,10H2/t13-/m1/s1. The maximum Gasteiger partial charge on any atom is 0.152 e. The number of benzene rings is 1. The van der Waals surface area contributed by atoms with Crippen molar-refractivity contribution in [3.05, 3.63) is 47.2 Å². The molecule has 2 aromatic rings. The van der Waals surface area contributed by atoms with E-state index in [9.17, 15) is 8.42 Å². The van der Waals surface area contributed by atoms with Crippen molar-refractivity contribution in [1.29, 1.82) is 0 Å². The normalized spacial score (nSPS) is 21.1. The number of nitrogens with zero attached hydrogens (tertiary/aromatic N) is 1. The van der Waals surface area contributed by atoms with E-state index in [4.69, 9.17) is 16.0 Å². The van der Waals surface area contributed by atoms with Gasteiger partial charge in [-0.05, 0) is 42.8 Å². The Kier molecular flexibility index (Phi) is 3.87. The van der Waals surface area contributed by atoms with Crippen LogP contribution in [0, 0.1) is 0 Å². The molecule has 1 atom stereocenters. The summed E-state index contributed by atoms with van der Waals surface area (Å²) in [5.41, 5.74) is 0.933. The largest absolute Gasteiger partial charge is 0.455 e. The van der Waals surface area contributed by atoms with E-state index in [-0.39, 0.29) is 17.5 Å². The predicted octanol–water partition coefficient (Wildman–Crippen LogP) is 3.21. The molecule has 0 amide bonds. The van der Waals surface area contributed by atoms with Crippen molar-refractivity contribution >= 4 is 27.7 Å². The molecule has 4 nitrogen and oxygen atoms in total. The average Bonchev–Trinajstić information content (AvgIpc) is 3.04. The highest BCUT2D eigenvalue weighted by molar-refractivity contribution is 7.91. The van der Waals surface area contributed by atoms with Gasteiger partial charge in [0.15, 0.2) is 9.84 Å². The van der Waals surface area contributed by atoms with Gasteiger partial charge in [-0.15, -0.1) is 0 Å². The van der Waals surface area contributed by atoms with Crippen LogP contribution in [0.2, 0.25) is 5.02 Å². The molecule has 1 saturated heterocycles. The zero-order valence-corrected chi connectivity index (χ0v) is 12.8. The molecular formula is C15H14ClNO3S. The van der Waals surface area contributed by atoms with Crippen LogP contribution in [0.3, 0.4) is 0 Å². The van der Waals surface area contributed by atoms with E-state index in [1.165, 1.54) is 0 Å². The second kappa shape index (κ2) is 5.66. The third-order valence-electron chi connectivity index (χ3n) is 3.38. The third-order valence-corrected chi connectivity index (χ3v) is 5.38. The highest BCUT2D eigenvalue weighted by Crippen LogP contribution is 2.23. The van der Waals surface area contributed by atoms with E-state index in [2.05, 4.69) is 4.99 Å². The molecule has 1 aromatic heterocycles. The molecule has 0 spiro atoms. The molecule has 110 valence electrons. The van der Waals surface area contributed by atoms with Crippen molar-refractivity contribution in [3.8, 4) is 11.3 Å². The first-order valence-electron chi connectivity index (χ1n) is 6.61. The summed E-state index contributed by atoms with van der Waals surface area (Å²) in [6.45, 7) is 0. The van der Waals surface area contributed by atoms with E-state index in [1.54, 1.807) is 18.3 Å². The van der Waals surface area contributed by atoms with Gasteiger partial charge < -0.3 is 4.42 Å². The lowest BCUT2D eigenvalue weighted by Crippen LogP contribution is -2.07. The monoisotopic (exact) mass is 323 g/mol. The average molecular weight is 324 g/mol. The molecule has 1 aliphatic heterocycles. The van der Waals surface area contributed by atoms with Gasteiger partial charge >= 0.3 is 0 Å². The van der Waals surface area contributed by atoms with E-state index in [0.717, 1.165) is 11.3 Å². The quantitative estimate of drug-likeness (QED) is 0.815. The van der Waals surface area contributed by atoms with Gasteiger partial charge in [0.25, 0.3) is 0 Å². The molecule has 6 heteroatoms. The number of hydrogen-bond acceptors (Lipinski definition) is 4. The molecule has 0 aliphatic carbocycles. The molecule has 1 aromatic carbocycles. The third kappa shape index (κ3) is 3.54. The summed E-state index contributed by atoms with van der Waals surface area (Å²) in [5, 5.41) is 0.675. The SMILES string of the molecule is O=S1(=O)CC[C@@H](N=Cc2ccc(-c3ccc(Cl)cc3)o2)C1. The molecule has 3 rings (SSSR count). The van der Waals surface area contributed by atoms with Gasteiger partial charge in [-0.25, -0.2) is 8.42 Å². The van der Waals surface area contributed by atoms with Crippen LogP contribution >= 0.6 is 11.6 Å². The lowest BCUT2D eigenvalue weighted by molar-refractivity contribution is 0.573. The first kappa shape index (κ1) is 14.4. The van der Waals surface area contributed by atoms with Crippen molar-refractivity contribution in [2.24, 2.45) is 4.99 Å². The summed E-state index contributed by atoms with van der Waals surface area (Å²) in [6.07, 6.45) is 2.19. The molecule has 21 heavy (non-hydrogen) atoms. The second-order valence-electron chi connectivity index (χ2n) is 5.04. The van der Waals surface area contributed by atoms with Gasteiger partial charge in [-0.1, -0.05) is 11.6 Å². The topological polar surface area (TPSA) is 59.6 Å². The van der Waals surface area contributed by atoms with Gasteiger partial charge in [-0.2, -0.15) is 0 Å². The van der Waals surface area contributed by atoms with Crippen molar-refractivity contribution < 1.29 is 12.8 Å². The van der Waals surface area contributed by atoms with Crippen molar-refractivity contribution in [2.45, 2.75) is 12.5 Å². The molecule has 0 bridgehead atoms. The maximum absolute atomic E-state index is 11.4. The summed E-state index contributed by atoms with van der Waals surface area (Å²) < 4.78 is 28.4. The number of halogens is 1. The van der Waals surface area contributed by atoms with Crippen LogP contribution in [0.25, 0.3) is 11.3 Å². The molecular weight excluding hydrogens is 310 g/mol. The van der Waals surface area contributed by atoms with Gasteiger partial charge in [-0.3, -0.25) is 4.99 Å². The molecule has 2 heterocycles. The number of rotatable bonds is 3. The Bertz CT molecular complexity index is 762. The smallest absolute Gasteiger partial charge is 0.152 e. The molecule has 1 aliphatic rings. The van der Waals surface area contributed by atoms with Crippen molar-refractivity contribution in [1.82, 2.24) is 0 Å². The highest BCUT2D eigenvalue weighted by Gasteiger charge is 2.26. The number of sulfone groups is 1. The minimum atomic E-state index is -2.90. The zero-order chi connectivity index (χ0) is 14.9. The molecule has 0 radical (unpaired) electrons. The fourth-order valence-corrected chi connectivity index (χ4v) is 4.03. The summed E-state index contributed by atoms with van der Waals surface area (Å²) in [6, 6.07) is 10.9. The summed E-state index contributed by atoms with van der Waals surface area (Å²) in [4.78, 5) is 4.29. The van der Waals surface area contributed by atoms with E-state index in [0.29, 0.717) is 17.2 Å². The van der Waals surface area contributed by atoms with Crippen molar-refractivity contribution in [2.75, 3.05) is 11.5 Å². The Morgan fingerprint density at radius 2 is 1.95 bits per heavy atom. The highest BCUT2D eigenvalue weighted by atomic mass is 35.5. The van der Waals surface area contributed by atoms with Crippen molar-refractivity contribution in [3.63, 3.8) is 0 Å². The first-order valence-corrected chi connectivity index (χ1v) is 8.81. The molecule has 1 fully saturated rings. The van der Waals surface area contributed by atoms with Gasteiger partial charge in [0.2, 0.25) is 0 Å². The lowest BCUT2D eigenvalue weighted by Gasteiger charge is -1.98. The molecule has 0 unspecified atom stereocenters. The first-order chi connectivity index (χ1) is 10.0. The molecule has 0 saturated carbocycles. The number of aliphatic imine (C=N–C) groups is 1. The number of hydrogen-bond donors (Lipinski definition) is 0. The number of furan rings is 1. The Hall–Kier alpha value is -1.59. The fourth-order valence-electron chi connectivity index (χ4n) is 2.26. The maximum atomic E-state index is 11.4. The zero-order valence-electron chi connectivity index (χ0n) is 11.2. The minimum Gasteiger partial charge on any atom is -0.455 e. The summed E-state index contributed by atoms with van der Waals surface area (Å²) in [7, 11) is -2.90. The lowest BCUT2D eigenvalue weighted by atomic mass is 10.2. The van der Waals surface area contributed by atoms with E-state index in [1.807, 2.05) is 24.3 Å². The van der Waals surface area contributed by atoms with Gasteiger partial charge in [0.1, 0.15) is 11.5 Å². The van der Waals surface area contributed by atoms with Crippen LogP contribution < -0.4 is 0 Å². The van der Waals surface area contributed by atoms with Gasteiger partial charge in [0.05, 0.1) is 23.8 Å². The Morgan fingerprint density at radius 1 is 1.19 bits per heavy atom. The summed E-state index contributed by atoms with van der Waals surface area (Å²) >= 11 is 5.85. The van der Waals surface area contributed by atoms with Crippen LogP contribution in [-0.4, -0.2) is 32.2 Å². The summed E-state index contributed by atoms with van der Waals surface area (Å²) in [5.74, 6) is 1.70. The van der Waals surface area contributed by atoms with Crippen LogP contribution in [0.4, 0.5) is 0 Å². The second-order valence-corrected chi connectivity index (χ2v) is 7.71. The fraction of sp³-hybridized carbons (Fsp3) is 0.267. The minimum absolute atomic E-state index is 0.133. The van der Waals surface area contributed by atoms with Crippen LogP contribution in [-0.2, 0) is 9.84 Å². The van der Waals surface area contributed by atoms with Crippen LogP contribution in [0.15, 0.2) is 45.8 Å². The molecule has 0 N–H and O–H groups in total. The van der Waals surface area contributed by atoms with Crippen LogP contribution in [0.1, 0.15) is 12.2 Å². The Balaban J connectivity index is 1.72. The van der Waals surface area contributed by atoms with Crippen LogP contribution in [0.5, 0.6) is 0 Å². The predicted molar refractivity (Wildman–Crippen MR) is 83.8 cm³/mol. The van der Waals surface area contributed by atoms with E-state index < -0.39 is 9.84 Å². The van der Waals surface area contributed by atoms with E-state index >= 15 is 0 Å². The Morgan fingerprint density at radius 3 is 2.62 bits per heavy atom.